The summed E-state index contributed by atoms with van der Waals surface area (Å²) in [5.41, 5.74) is 3.94. The molecule has 0 aliphatic heterocycles. The van der Waals surface area contributed by atoms with E-state index in [1.54, 1.807) is 0 Å². The SMILES string of the molecule is Cc1nc2ccc(-c3csc(CC#N)n3)cc2[nH]1. The molecule has 1 aromatic carbocycles. The van der Waals surface area contributed by atoms with E-state index in [0.29, 0.717) is 6.42 Å². The number of aromatic amines is 1. The maximum atomic E-state index is 8.65. The number of nitrogens with zero attached hydrogens (tertiary/aromatic N) is 3. The van der Waals surface area contributed by atoms with Gasteiger partial charge < -0.3 is 4.98 Å². The summed E-state index contributed by atoms with van der Waals surface area (Å²) in [6, 6.07) is 8.15. The Labute approximate surface area is 108 Å². The summed E-state index contributed by atoms with van der Waals surface area (Å²) < 4.78 is 0. The Bertz CT molecular complexity index is 748. The van der Waals surface area contributed by atoms with Crippen LogP contribution in [0.3, 0.4) is 0 Å². The minimum atomic E-state index is 0.371. The van der Waals surface area contributed by atoms with Gasteiger partial charge in [0.15, 0.2) is 0 Å². The lowest BCUT2D eigenvalue weighted by molar-refractivity contribution is 1.17. The molecule has 0 radical (unpaired) electrons. The Hall–Kier alpha value is -2.19. The number of thiazole rings is 1. The number of H-pyrrole nitrogens is 1. The largest absolute Gasteiger partial charge is 0.342 e. The zero-order valence-electron chi connectivity index (χ0n) is 9.77. The van der Waals surface area contributed by atoms with Gasteiger partial charge in [-0.1, -0.05) is 6.07 Å². The third kappa shape index (κ3) is 1.87. The molecule has 18 heavy (non-hydrogen) atoms. The van der Waals surface area contributed by atoms with Crippen LogP contribution in [0, 0.1) is 18.3 Å². The minimum absolute atomic E-state index is 0.371. The first kappa shape index (κ1) is 10.9. The van der Waals surface area contributed by atoms with Crippen LogP contribution in [0.2, 0.25) is 0 Å². The average molecular weight is 254 g/mol. The van der Waals surface area contributed by atoms with Gasteiger partial charge in [-0.3, -0.25) is 0 Å². The first-order valence-electron chi connectivity index (χ1n) is 5.54. The summed E-state index contributed by atoms with van der Waals surface area (Å²) in [7, 11) is 0. The summed E-state index contributed by atoms with van der Waals surface area (Å²) in [5, 5.41) is 11.5. The van der Waals surface area contributed by atoms with Crippen LogP contribution in [0.4, 0.5) is 0 Å². The zero-order chi connectivity index (χ0) is 12.5. The normalized spacial score (nSPS) is 10.7. The van der Waals surface area contributed by atoms with Crippen LogP contribution in [0.15, 0.2) is 23.6 Å². The molecule has 0 aliphatic carbocycles. The number of hydrogen-bond donors (Lipinski definition) is 1. The topological polar surface area (TPSA) is 65.4 Å². The first-order valence-corrected chi connectivity index (χ1v) is 6.42. The highest BCUT2D eigenvalue weighted by molar-refractivity contribution is 7.10. The molecule has 0 amide bonds. The quantitative estimate of drug-likeness (QED) is 0.764. The summed E-state index contributed by atoms with van der Waals surface area (Å²) in [5.74, 6) is 0.908. The van der Waals surface area contributed by atoms with Crippen LogP contribution in [0.1, 0.15) is 10.8 Å². The Morgan fingerprint density at radius 3 is 3.11 bits per heavy atom. The molecule has 2 heterocycles. The molecule has 0 spiro atoms. The van der Waals surface area contributed by atoms with Crippen molar-refractivity contribution in [2.24, 2.45) is 0 Å². The lowest BCUT2D eigenvalue weighted by atomic mass is 10.1. The summed E-state index contributed by atoms with van der Waals surface area (Å²) >= 11 is 1.52. The van der Waals surface area contributed by atoms with Gasteiger partial charge in [0.1, 0.15) is 10.8 Å². The van der Waals surface area contributed by atoms with Gasteiger partial charge in [0, 0.05) is 10.9 Å². The Balaban J connectivity index is 2.04. The number of benzene rings is 1. The minimum Gasteiger partial charge on any atom is -0.342 e. The molecular formula is C13H10N4S. The fourth-order valence-corrected chi connectivity index (χ4v) is 2.62. The Morgan fingerprint density at radius 1 is 1.39 bits per heavy atom. The van der Waals surface area contributed by atoms with Crippen molar-refractivity contribution in [2.75, 3.05) is 0 Å². The smallest absolute Gasteiger partial charge is 0.107 e. The van der Waals surface area contributed by atoms with E-state index in [1.165, 1.54) is 11.3 Å². The number of rotatable bonds is 2. The fraction of sp³-hybridized carbons (Fsp3) is 0.154. The molecular weight excluding hydrogens is 244 g/mol. The van der Waals surface area contributed by atoms with Crippen molar-refractivity contribution >= 4 is 22.4 Å². The number of imidazole rings is 1. The van der Waals surface area contributed by atoms with Crippen molar-refractivity contribution in [1.29, 1.82) is 5.26 Å². The maximum absolute atomic E-state index is 8.65. The molecule has 0 unspecified atom stereocenters. The second kappa shape index (κ2) is 4.24. The van der Waals surface area contributed by atoms with Crippen molar-refractivity contribution in [3.63, 3.8) is 0 Å². The lowest BCUT2D eigenvalue weighted by Gasteiger charge is -1.96. The molecule has 3 rings (SSSR count). The molecule has 0 saturated heterocycles. The number of hydrogen-bond acceptors (Lipinski definition) is 4. The molecule has 2 aromatic heterocycles. The van der Waals surface area contributed by atoms with Crippen LogP contribution >= 0.6 is 11.3 Å². The van der Waals surface area contributed by atoms with E-state index in [-0.39, 0.29) is 0 Å². The van der Waals surface area contributed by atoms with Crippen LogP contribution in [-0.4, -0.2) is 15.0 Å². The van der Waals surface area contributed by atoms with E-state index in [9.17, 15) is 0 Å². The predicted molar refractivity (Wildman–Crippen MR) is 71.3 cm³/mol. The second-order valence-electron chi connectivity index (χ2n) is 4.02. The van der Waals surface area contributed by atoms with Gasteiger partial charge in [0.2, 0.25) is 0 Å². The molecule has 3 aromatic rings. The molecule has 1 N–H and O–H groups in total. The molecule has 4 nitrogen and oxygen atoms in total. The highest BCUT2D eigenvalue weighted by Crippen LogP contribution is 2.25. The molecule has 88 valence electrons. The zero-order valence-corrected chi connectivity index (χ0v) is 10.6. The van der Waals surface area contributed by atoms with Crippen LogP contribution in [0.5, 0.6) is 0 Å². The predicted octanol–water partition coefficient (Wildman–Crippen LogP) is 3.06. The molecule has 0 saturated carbocycles. The van der Waals surface area contributed by atoms with E-state index in [2.05, 4.69) is 21.0 Å². The third-order valence-electron chi connectivity index (χ3n) is 2.68. The Morgan fingerprint density at radius 2 is 2.28 bits per heavy atom. The van der Waals surface area contributed by atoms with Crippen LogP contribution in [0.25, 0.3) is 22.3 Å². The Kier molecular flexibility index (Phi) is 2.58. The lowest BCUT2D eigenvalue weighted by Crippen LogP contribution is -1.81. The van der Waals surface area contributed by atoms with Crippen molar-refractivity contribution in [3.8, 4) is 17.3 Å². The van der Waals surface area contributed by atoms with E-state index in [0.717, 1.165) is 33.1 Å². The number of aromatic nitrogens is 3. The van der Waals surface area contributed by atoms with Gasteiger partial charge in [-0.05, 0) is 19.1 Å². The monoisotopic (exact) mass is 254 g/mol. The van der Waals surface area contributed by atoms with Crippen LogP contribution < -0.4 is 0 Å². The standard InChI is InChI=1S/C13H10N4S/c1-8-15-10-3-2-9(6-11(10)16-8)12-7-18-13(17-12)4-5-14/h2-3,6-7H,4H2,1H3,(H,15,16). The van der Waals surface area contributed by atoms with E-state index in [4.69, 9.17) is 5.26 Å². The molecule has 0 atom stereocenters. The van der Waals surface area contributed by atoms with E-state index >= 15 is 0 Å². The molecule has 0 aliphatic rings. The number of nitriles is 1. The summed E-state index contributed by atoms with van der Waals surface area (Å²) in [6.07, 6.45) is 0.371. The van der Waals surface area contributed by atoms with Crippen molar-refractivity contribution in [2.45, 2.75) is 13.3 Å². The maximum Gasteiger partial charge on any atom is 0.107 e. The second-order valence-corrected chi connectivity index (χ2v) is 4.96. The molecule has 0 fully saturated rings. The van der Waals surface area contributed by atoms with Gasteiger partial charge in [0.25, 0.3) is 0 Å². The van der Waals surface area contributed by atoms with Gasteiger partial charge in [0.05, 0.1) is 29.2 Å². The molecule has 0 bridgehead atoms. The van der Waals surface area contributed by atoms with Crippen LogP contribution in [-0.2, 0) is 6.42 Å². The van der Waals surface area contributed by atoms with Crippen molar-refractivity contribution in [1.82, 2.24) is 15.0 Å². The van der Waals surface area contributed by atoms with Gasteiger partial charge in [-0.25, -0.2) is 9.97 Å². The van der Waals surface area contributed by atoms with E-state index in [1.807, 2.05) is 30.5 Å². The number of aryl methyl sites for hydroxylation is 1. The average Bonchev–Trinajstić information content (AvgIpc) is 2.93. The summed E-state index contributed by atoms with van der Waals surface area (Å²) in [4.78, 5) is 12.0. The fourth-order valence-electron chi connectivity index (χ4n) is 1.89. The van der Waals surface area contributed by atoms with Gasteiger partial charge in [-0.2, -0.15) is 5.26 Å². The number of nitrogens with one attached hydrogen (secondary N) is 1. The van der Waals surface area contributed by atoms with Gasteiger partial charge in [-0.15, -0.1) is 11.3 Å². The highest BCUT2D eigenvalue weighted by Gasteiger charge is 2.06. The first-order chi connectivity index (χ1) is 8.76. The van der Waals surface area contributed by atoms with E-state index < -0.39 is 0 Å². The number of fused-ring (bicyclic) bond motifs is 1. The van der Waals surface area contributed by atoms with Gasteiger partial charge >= 0.3 is 0 Å². The third-order valence-corrected chi connectivity index (χ3v) is 3.53. The summed E-state index contributed by atoms with van der Waals surface area (Å²) in [6.45, 7) is 1.94. The molecule has 5 heteroatoms. The van der Waals surface area contributed by atoms with Crippen molar-refractivity contribution < 1.29 is 0 Å². The highest BCUT2D eigenvalue weighted by atomic mass is 32.1. The van der Waals surface area contributed by atoms with Crippen molar-refractivity contribution in [3.05, 3.63) is 34.4 Å².